The van der Waals surface area contributed by atoms with Crippen LogP contribution in [-0.4, -0.2) is 22.8 Å². The normalized spacial score (nSPS) is 14.8. The minimum Gasteiger partial charge on any atom is -0.349 e. The van der Waals surface area contributed by atoms with Gasteiger partial charge in [0.15, 0.2) is 0 Å². The van der Waals surface area contributed by atoms with Gasteiger partial charge in [-0.05, 0) is 42.5 Å². The predicted octanol–water partition coefficient (Wildman–Crippen LogP) is 4.52. The number of benzene rings is 1. The maximum atomic E-state index is 12.6. The molecule has 2 aromatic rings. The highest BCUT2D eigenvalue weighted by Gasteiger charge is 2.18. The van der Waals surface area contributed by atoms with Gasteiger partial charge >= 0.3 is 0 Å². The Kier molecular flexibility index (Phi) is 6.22. The molecule has 1 aliphatic carbocycles. The second kappa shape index (κ2) is 8.80. The van der Waals surface area contributed by atoms with Crippen molar-refractivity contribution in [1.29, 1.82) is 0 Å². The zero-order valence-corrected chi connectivity index (χ0v) is 16.0. The number of hydrogen-bond acceptors (Lipinski definition) is 3. The van der Waals surface area contributed by atoms with E-state index < -0.39 is 0 Å². The first kappa shape index (κ1) is 19.1. The van der Waals surface area contributed by atoms with E-state index in [1.807, 2.05) is 24.3 Å². The summed E-state index contributed by atoms with van der Waals surface area (Å²) in [6.45, 7) is 4.17. The Balaban J connectivity index is 1.71. The van der Waals surface area contributed by atoms with Crippen LogP contribution in [-0.2, 0) is 0 Å². The van der Waals surface area contributed by atoms with E-state index in [-0.39, 0.29) is 23.6 Å². The van der Waals surface area contributed by atoms with Crippen LogP contribution in [0.2, 0.25) is 0 Å². The van der Waals surface area contributed by atoms with Gasteiger partial charge in [0.25, 0.3) is 11.8 Å². The van der Waals surface area contributed by atoms with E-state index in [4.69, 9.17) is 0 Å². The smallest absolute Gasteiger partial charge is 0.274 e. The standard InChI is InChI=1S/C22H27N3O2/c1-15(2)18-10-6-7-11-19(18)25-22(27)20-14-16(12-13-23-20)21(26)24-17-8-4-3-5-9-17/h6-7,10-15,17H,3-5,8-9H2,1-2H3,(H,24,26)(H,25,27). The third kappa shape index (κ3) is 4.94. The van der Waals surface area contributed by atoms with Gasteiger partial charge in [0.2, 0.25) is 0 Å². The summed E-state index contributed by atoms with van der Waals surface area (Å²) >= 11 is 0. The van der Waals surface area contributed by atoms with Crippen molar-refractivity contribution >= 4 is 17.5 Å². The molecule has 5 heteroatoms. The zero-order valence-electron chi connectivity index (χ0n) is 16.0. The molecule has 2 amide bonds. The number of carbonyl (C=O) groups is 2. The summed E-state index contributed by atoms with van der Waals surface area (Å²) in [5, 5.41) is 6.00. The molecular formula is C22H27N3O2. The number of pyridine rings is 1. The lowest BCUT2D eigenvalue weighted by Gasteiger charge is -2.22. The molecule has 1 saturated carbocycles. The number of aromatic nitrogens is 1. The molecule has 0 saturated heterocycles. The summed E-state index contributed by atoms with van der Waals surface area (Å²) in [5.41, 5.74) is 2.55. The van der Waals surface area contributed by atoms with E-state index in [1.54, 1.807) is 12.1 Å². The molecule has 1 fully saturated rings. The first-order chi connectivity index (χ1) is 13.0. The second-order valence-electron chi connectivity index (χ2n) is 7.43. The molecule has 0 bridgehead atoms. The van der Waals surface area contributed by atoms with Gasteiger partial charge in [-0.1, -0.05) is 51.3 Å². The number of para-hydroxylation sites is 1. The number of nitrogens with zero attached hydrogens (tertiary/aromatic N) is 1. The van der Waals surface area contributed by atoms with Gasteiger partial charge in [-0.25, -0.2) is 0 Å². The lowest BCUT2D eigenvalue weighted by Crippen LogP contribution is -2.36. The number of carbonyl (C=O) groups excluding carboxylic acids is 2. The van der Waals surface area contributed by atoms with Crippen molar-refractivity contribution in [2.75, 3.05) is 5.32 Å². The number of amides is 2. The van der Waals surface area contributed by atoms with Crippen molar-refractivity contribution in [3.63, 3.8) is 0 Å². The Bertz CT molecular complexity index is 811. The Morgan fingerprint density at radius 1 is 1.04 bits per heavy atom. The first-order valence-corrected chi connectivity index (χ1v) is 9.72. The van der Waals surface area contributed by atoms with Crippen LogP contribution in [0.1, 0.15) is 78.3 Å². The average molecular weight is 365 g/mol. The number of rotatable bonds is 5. The van der Waals surface area contributed by atoms with Gasteiger partial charge in [-0.2, -0.15) is 0 Å². The summed E-state index contributed by atoms with van der Waals surface area (Å²) in [4.78, 5) is 29.3. The lowest BCUT2D eigenvalue weighted by atomic mass is 9.95. The van der Waals surface area contributed by atoms with Crippen LogP contribution >= 0.6 is 0 Å². The van der Waals surface area contributed by atoms with Gasteiger partial charge in [0.05, 0.1) is 0 Å². The van der Waals surface area contributed by atoms with Gasteiger partial charge in [0, 0.05) is 23.5 Å². The Labute approximate surface area is 160 Å². The van der Waals surface area contributed by atoms with Crippen LogP contribution in [0.25, 0.3) is 0 Å². The fraction of sp³-hybridized carbons (Fsp3) is 0.409. The van der Waals surface area contributed by atoms with Crippen LogP contribution in [0.15, 0.2) is 42.6 Å². The van der Waals surface area contributed by atoms with E-state index >= 15 is 0 Å². The van der Waals surface area contributed by atoms with E-state index in [1.165, 1.54) is 12.6 Å². The minimum absolute atomic E-state index is 0.138. The van der Waals surface area contributed by atoms with Crippen LogP contribution < -0.4 is 10.6 Å². The fourth-order valence-corrected chi connectivity index (χ4v) is 3.51. The first-order valence-electron chi connectivity index (χ1n) is 9.72. The van der Waals surface area contributed by atoms with Crippen LogP contribution in [0.3, 0.4) is 0 Å². The van der Waals surface area contributed by atoms with Crippen molar-refractivity contribution in [3.8, 4) is 0 Å². The Hall–Kier alpha value is -2.69. The summed E-state index contributed by atoms with van der Waals surface area (Å²) in [5.74, 6) is -0.154. The molecule has 1 aliphatic rings. The summed E-state index contributed by atoms with van der Waals surface area (Å²) in [6, 6.07) is 11.2. The average Bonchev–Trinajstić information content (AvgIpc) is 2.69. The van der Waals surface area contributed by atoms with Crippen molar-refractivity contribution in [3.05, 3.63) is 59.4 Å². The van der Waals surface area contributed by atoms with Crippen molar-refractivity contribution in [2.45, 2.75) is 57.9 Å². The van der Waals surface area contributed by atoms with E-state index in [2.05, 4.69) is 29.5 Å². The van der Waals surface area contributed by atoms with Crippen molar-refractivity contribution < 1.29 is 9.59 Å². The zero-order chi connectivity index (χ0) is 19.2. The van der Waals surface area contributed by atoms with E-state index in [9.17, 15) is 9.59 Å². The quantitative estimate of drug-likeness (QED) is 0.818. The summed E-state index contributed by atoms with van der Waals surface area (Å²) in [6.07, 6.45) is 7.11. The molecule has 5 nitrogen and oxygen atoms in total. The highest BCUT2D eigenvalue weighted by molar-refractivity contribution is 6.05. The molecule has 0 aliphatic heterocycles. The molecule has 27 heavy (non-hydrogen) atoms. The maximum Gasteiger partial charge on any atom is 0.274 e. The van der Waals surface area contributed by atoms with Gasteiger partial charge in [-0.15, -0.1) is 0 Å². The topological polar surface area (TPSA) is 71.1 Å². The lowest BCUT2D eigenvalue weighted by molar-refractivity contribution is 0.0927. The van der Waals surface area contributed by atoms with E-state index in [0.29, 0.717) is 11.5 Å². The minimum atomic E-state index is -0.310. The molecule has 0 unspecified atom stereocenters. The monoisotopic (exact) mass is 365 g/mol. The Morgan fingerprint density at radius 3 is 2.52 bits per heavy atom. The second-order valence-corrected chi connectivity index (χ2v) is 7.43. The molecule has 142 valence electrons. The largest absolute Gasteiger partial charge is 0.349 e. The summed E-state index contributed by atoms with van der Waals surface area (Å²) < 4.78 is 0. The molecule has 1 heterocycles. The number of nitrogens with one attached hydrogen (secondary N) is 2. The van der Waals surface area contributed by atoms with Crippen molar-refractivity contribution in [2.24, 2.45) is 0 Å². The Morgan fingerprint density at radius 2 is 1.78 bits per heavy atom. The molecule has 0 radical (unpaired) electrons. The molecule has 0 atom stereocenters. The van der Waals surface area contributed by atoms with Crippen LogP contribution in [0.5, 0.6) is 0 Å². The van der Waals surface area contributed by atoms with Crippen LogP contribution in [0.4, 0.5) is 5.69 Å². The third-order valence-electron chi connectivity index (χ3n) is 5.03. The fourth-order valence-electron chi connectivity index (χ4n) is 3.51. The molecule has 3 rings (SSSR count). The molecule has 1 aromatic carbocycles. The SMILES string of the molecule is CC(C)c1ccccc1NC(=O)c1cc(C(=O)NC2CCCCC2)ccn1. The maximum absolute atomic E-state index is 12.6. The van der Waals surface area contributed by atoms with Gasteiger partial charge < -0.3 is 10.6 Å². The predicted molar refractivity (Wildman–Crippen MR) is 107 cm³/mol. The molecule has 0 spiro atoms. The summed E-state index contributed by atoms with van der Waals surface area (Å²) in [7, 11) is 0. The highest BCUT2D eigenvalue weighted by atomic mass is 16.2. The number of anilines is 1. The molecule has 2 N–H and O–H groups in total. The number of hydrogen-bond donors (Lipinski definition) is 2. The third-order valence-corrected chi connectivity index (χ3v) is 5.03. The van der Waals surface area contributed by atoms with Crippen LogP contribution in [0, 0.1) is 0 Å². The highest BCUT2D eigenvalue weighted by Crippen LogP contribution is 2.24. The molecule has 1 aromatic heterocycles. The van der Waals surface area contributed by atoms with Gasteiger partial charge in [-0.3, -0.25) is 14.6 Å². The van der Waals surface area contributed by atoms with E-state index in [0.717, 1.165) is 36.9 Å². The van der Waals surface area contributed by atoms with Gasteiger partial charge in [0.1, 0.15) is 5.69 Å². The molecular weight excluding hydrogens is 338 g/mol. The van der Waals surface area contributed by atoms with Crippen molar-refractivity contribution in [1.82, 2.24) is 10.3 Å².